The molecule has 1 fully saturated rings. The van der Waals surface area contributed by atoms with Crippen molar-refractivity contribution < 1.29 is 19.1 Å². The molecule has 1 heterocycles. The van der Waals surface area contributed by atoms with Crippen LogP contribution in [0, 0.1) is 16.7 Å². The normalized spacial score (nSPS) is 22.8. The third-order valence-electron chi connectivity index (χ3n) is 3.24. The van der Waals surface area contributed by atoms with Crippen molar-refractivity contribution in [3.05, 3.63) is 0 Å². The number of amides is 1. The molecule has 0 aliphatic carbocycles. The molecule has 6 heteroatoms. The van der Waals surface area contributed by atoms with Gasteiger partial charge in [0.25, 0.3) is 0 Å². The number of morpholine rings is 1. The van der Waals surface area contributed by atoms with Crippen molar-refractivity contribution in [3.8, 4) is 6.07 Å². The van der Waals surface area contributed by atoms with E-state index in [1.54, 1.807) is 13.8 Å². The molecule has 0 N–H and O–H groups in total. The summed E-state index contributed by atoms with van der Waals surface area (Å²) >= 11 is 0. The van der Waals surface area contributed by atoms with Gasteiger partial charge >= 0.3 is 5.97 Å². The summed E-state index contributed by atoms with van der Waals surface area (Å²) in [4.78, 5) is 25.1. The van der Waals surface area contributed by atoms with Crippen molar-refractivity contribution in [2.24, 2.45) is 5.41 Å². The third kappa shape index (κ3) is 2.79. The molecular formula is C12H18N2O4. The maximum absolute atomic E-state index is 12.2. The van der Waals surface area contributed by atoms with Gasteiger partial charge in [0.05, 0.1) is 26.3 Å². The number of carbonyl (C=O) groups is 2. The Morgan fingerprint density at radius 3 is 2.78 bits per heavy atom. The maximum Gasteiger partial charge on any atom is 0.336 e. The molecule has 0 aromatic carbocycles. The molecule has 1 aliphatic rings. The van der Waals surface area contributed by atoms with Crippen LogP contribution in [0.25, 0.3) is 0 Å². The van der Waals surface area contributed by atoms with Crippen LogP contribution in [0.4, 0.5) is 0 Å². The first kappa shape index (κ1) is 14.5. The summed E-state index contributed by atoms with van der Waals surface area (Å²) in [5, 5.41) is 9.09. The number of hydrogen-bond acceptors (Lipinski definition) is 5. The van der Waals surface area contributed by atoms with Crippen LogP contribution in [0.2, 0.25) is 0 Å². The fourth-order valence-electron chi connectivity index (χ4n) is 1.73. The first-order valence-electron chi connectivity index (χ1n) is 5.88. The summed E-state index contributed by atoms with van der Waals surface area (Å²) in [5.74, 6) is -0.757. The van der Waals surface area contributed by atoms with Crippen molar-refractivity contribution in [1.29, 1.82) is 5.26 Å². The summed E-state index contributed by atoms with van der Waals surface area (Å²) in [6.45, 7) is 4.21. The van der Waals surface area contributed by atoms with Crippen LogP contribution < -0.4 is 0 Å². The van der Waals surface area contributed by atoms with Gasteiger partial charge in [0.2, 0.25) is 5.91 Å². The Labute approximate surface area is 106 Å². The molecule has 1 saturated heterocycles. The summed E-state index contributed by atoms with van der Waals surface area (Å²) < 4.78 is 9.83. The SMILES string of the molecule is CCC(C)(C#N)C(=O)N1CCOC(C(=O)OC)C1. The Morgan fingerprint density at radius 2 is 2.28 bits per heavy atom. The van der Waals surface area contributed by atoms with Crippen LogP contribution in [0.15, 0.2) is 0 Å². The van der Waals surface area contributed by atoms with Crippen LogP contribution >= 0.6 is 0 Å². The van der Waals surface area contributed by atoms with E-state index in [4.69, 9.17) is 10.00 Å². The van der Waals surface area contributed by atoms with E-state index in [1.807, 2.05) is 6.07 Å². The zero-order valence-electron chi connectivity index (χ0n) is 10.9. The molecule has 1 rings (SSSR count). The highest BCUT2D eigenvalue weighted by molar-refractivity contribution is 5.86. The topological polar surface area (TPSA) is 79.6 Å². The van der Waals surface area contributed by atoms with Crippen LogP contribution in [0.1, 0.15) is 20.3 Å². The van der Waals surface area contributed by atoms with Gasteiger partial charge in [-0.25, -0.2) is 4.79 Å². The molecule has 18 heavy (non-hydrogen) atoms. The first-order chi connectivity index (χ1) is 8.48. The predicted octanol–water partition coefficient (Wildman–Crippen LogP) is 0.327. The Balaban J connectivity index is 2.76. The zero-order valence-corrected chi connectivity index (χ0v) is 10.9. The monoisotopic (exact) mass is 254 g/mol. The average molecular weight is 254 g/mol. The van der Waals surface area contributed by atoms with Gasteiger partial charge in [-0.15, -0.1) is 0 Å². The van der Waals surface area contributed by atoms with E-state index < -0.39 is 17.5 Å². The summed E-state index contributed by atoms with van der Waals surface area (Å²) in [5.41, 5.74) is -1.04. The second kappa shape index (κ2) is 5.83. The lowest BCUT2D eigenvalue weighted by Gasteiger charge is -2.35. The van der Waals surface area contributed by atoms with Gasteiger partial charge in [-0.2, -0.15) is 5.26 Å². The number of hydrogen-bond donors (Lipinski definition) is 0. The maximum atomic E-state index is 12.2. The van der Waals surface area contributed by atoms with Gasteiger partial charge in [0.1, 0.15) is 5.41 Å². The lowest BCUT2D eigenvalue weighted by molar-refractivity contribution is -0.164. The molecule has 2 unspecified atom stereocenters. The van der Waals surface area contributed by atoms with Crippen LogP contribution in [0.5, 0.6) is 0 Å². The van der Waals surface area contributed by atoms with Crippen LogP contribution in [0.3, 0.4) is 0 Å². The van der Waals surface area contributed by atoms with Crippen molar-refractivity contribution >= 4 is 11.9 Å². The lowest BCUT2D eigenvalue weighted by atomic mass is 9.87. The van der Waals surface area contributed by atoms with Gasteiger partial charge in [-0.05, 0) is 13.3 Å². The summed E-state index contributed by atoms with van der Waals surface area (Å²) in [6.07, 6.45) is -0.324. The Kier molecular flexibility index (Phi) is 4.68. The lowest BCUT2D eigenvalue weighted by Crippen LogP contribution is -2.52. The van der Waals surface area contributed by atoms with E-state index in [9.17, 15) is 9.59 Å². The predicted molar refractivity (Wildman–Crippen MR) is 62.3 cm³/mol. The molecule has 100 valence electrons. The van der Waals surface area contributed by atoms with Gasteiger partial charge in [0.15, 0.2) is 6.10 Å². The summed E-state index contributed by atoms with van der Waals surface area (Å²) in [7, 11) is 1.28. The largest absolute Gasteiger partial charge is 0.467 e. The number of nitriles is 1. The van der Waals surface area contributed by atoms with Crippen LogP contribution in [-0.2, 0) is 19.1 Å². The molecule has 0 saturated carbocycles. The van der Waals surface area contributed by atoms with Crippen molar-refractivity contribution in [1.82, 2.24) is 4.90 Å². The Bertz CT molecular complexity index is 377. The van der Waals surface area contributed by atoms with Gasteiger partial charge in [-0.1, -0.05) is 6.92 Å². The fourth-order valence-corrected chi connectivity index (χ4v) is 1.73. The average Bonchev–Trinajstić information content (AvgIpc) is 2.44. The second-order valence-electron chi connectivity index (χ2n) is 4.43. The molecule has 0 aromatic rings. The van der Waals surface area contributed by atoms with Crippen molar-refractivity contribution in [2.45, 2.75) is 26.4 Å². The fraction of sp³-hybridized carbons (Fsp3) is 0.750. The van der Waals surface area contributed by atoms with E-state index in [0.717, 1.165) is 0 Å². The van der Waals surface area contributed by atoms with Crippen LogP contribution in [-0.4, -0.2) is 49.7 Å². The Hall–Kier alpha value is -1.61. The smallest absolute Gasteiger partial charge is 0.336 e. The zero-order chi connectivity index (χ0) is 13.8. The molecule has 1 amide bonds. The molecule has 1 aliphatic heterocycles. The number of rotatable bonds is 3. The highest BCUT2D eigenvalue weighted by Gasteiger charge is 2.39. The molecule has 6 nitrogen and oxygen atoms in total. The molecule has 0 spiro atoms. The minimum absolute atomic E-state index is 0.142. The molecule has 0 radical (unpaired) electrons. The van der Waals surface area contributed by atoms with E-state index in [1.165, 1.54) is 12.0 Å². The highest BCUT2D eigenvalue weighted by Crippen LogP contribution is 2.24. The minimum Gasteiger partial charge on any atom is -0.467 e. The quantitative estimate of drug-likeness (QED) is 0.678. The van der Waals surface area contributed by atoms with E-state index in [-0.39, 0.29) is 19.1 Å². The number of nitrogens with zero attached hydrogens (tertiary/aromatic N) is 2. The van der Waals surface area contributed by atoms with E-state index in [2.05, 4.69) is 4.74 Å². The number of methoxy groups -OCH3 is 1. The Morgan fingerprint density at radius 1 is 1.61 bits per heavy atom. The van der Waals surface area contributed by atoms with Gasteiger partial charge in [-0.3, -0.25) is 4.79 Å². The number of ether oxygens (including phenoxy) is 2. The number of esters is 1. The first-order valence-corrected chi connectivity index (χ1v) is 5.88. The molecule has 0 bridgehead atoms. The molecule has 0 aromatic heterocycles. The van der Waals surface area contributed by atoms with Gasteiger partial charge in [0, 0.05) is 6.54 Å². The second-order valence-corrected chi connectivity index (χ2v) is 4.43. The standard InChI is InChI=1S/C12H18N2O4/c1-4-12(2,8-13)11(16)14-5-6-18-9(7-14)10(15)17-3/h9H,4-7H2,1-3H3. The molecule has 2 atom stereocenters. The van der Waals surface area contributed by atoms with Crippen molar-refractivity contribution in [3.63, 3.8) is 0 Å². The van der Waals surface area contributed by atoms with Gasteiger partial charge < -0.3 is 14.4 Å². The highest BCUT2D eigenvalue weighted by atomic mass is 16.6. The third-order valence-corrected chi connectivity index (χ3v) is 3.24. The van der Waals surface area contributed by atoms with Crippen molar-refractivity contribution in [2.75, 3.05) is 26.8 Å². The van der Waals surface area contributed by atoms with E-state index >= 15 is 0 Å². The van der Waals surface area contributed by atoms with E-state index in [0.29, 0.717) is 13.0 Å². The summed E-state index contributed by atoms with van der Waals surface area (Å²) in [6, 6.07) is 2.04. The molecular weight excluding hydrogens is 236 g/mol. The minimum atomic E-state index is -1.04. The number of carbonyl (C=O) groups excluding carboxylic acids is 2.